The first kappa shape index (κ1) is 17.0. The monoisotopic (exact) mass is 289 g/mol. The van der Waals surface area contributed by atoms with Crippen molar-refractivity contribution >= 4 is 6.09 Å². The third-order valence-electron chi connectivity index (χ3n) is 2.29. The van der Waals surface area contributed by atoms with Crippen LogP contribution in [0.25, 0.3) is 0 Å². The van der Waals surface area contributed by atoms with Crippen molar-refractivity contribution in [3.8, 4) is 11.8 Å². The molecular weight excluding hydrogens is 266 g/mol. The molecule has 0 bridgehead atoms. The Bertz CT molecular complexity index is 484. The van der Waals surface area contributed by atoms with Gasteiger partial charge in [0.1, 0.15) is 11.3 Å². The molecule has 0 saturated heterocycles. The van der Waals surface area contributed by atoms with Gasteiger partial charge in [-0.1, -0.05) is 12.0 Å². The second kappa shape index (κ2) is 8.98. The number of carbonyl (C=O) groups is 1. The number of nitrogens with zero attached hydrogens (tertiary/aromatic N) is 1. The van der Waals surface area contributed by atoms with Crippen LogP contribution in [-0.4, -0.2) is 36.3 Å². The lowest BCUT2D eigenvalue weighted by Gasteiger charge is -2.19. The minimum atomic E-state index is -0.455. The highest BCUT2D eigenvalue weighted by Crippen LogP contribution is 2.06. The van der Waals surface area contributed by atoms with Crippen LogP contribution in [0.4, 0.5) is 4.79 Å². The average molecular weight is 289 g/mol. The number of carbonyl (C=O) groups excluding carboxylic acids is 1. The van der Waals surface area contributed by atoms with Gasteiger partial charge < -0.3 is 15.4 Å². The predicted octanol–water partition coefficient (Wildman–Crippen LogP) is 1.94. The van der Waals surface area contributed by atoms with E-state index in [1.807, 2.05) is 39.0 Å². The molecule has 1 rings (SSSR count). The van der Waals surface area contributed by atoms with E-state index in [2.05, 4.69) is 27.5 Å². The fourth-order valence-corrected chi connectivity index (χ4v) is 1.44. The Morgan fingerprint density at radius 2 is 2.14 bits per heavy atom. The molecule has 0 fully saturated rings. The van der Waals surface area contributed by atoms with Gasteiger partial charge >= 0.3 is 6.09 Å². The number of pyridine rings is 1. The van der Waals surface area contributed by atoms with Crippen LogP contribution in [0.3, 0.4) is 0 Å². The van der Waals surface area contributed by atoms with Crippen molar-refractivity contribution in [3.63, 3.8) is 0 Å². The van der Waals surface area contributed by atoms with Gasteiger partial charge in [0.05, 0.1) is 6.54 Å². The Hall–Kier alpha value is -2.06. The summed E-state index contributed by atoms with van der Waals surface area (Å²) in [5.74, 6) is 5.96. The quantitative estimate of drug-likeness (QED) is 0.642. The third kappa shape index (κ3) is 9.47. The Labute approximate surface area is 126 Å². The van der Waals surface area contributed by atoms with E-state index < -0.39 is 5.60 Å². The lowest BCUT2D eigenvalue weighted by Crippen LogP contribution is -2.33. The summed E-state index contributed by atoms with van der Waals surface area (Å²) in [6.45, 7) is 7.49. The van der Waals surface area contributed by atoms with E-state index >= 15 is 0 Å². The molecule has 0 aliphatic rings. The predicted molar refractivity (Wildman–Crippen MR) is 82.8 cm³/mol. The van der Waals surface area contributed by atoms with Crippen molar-refractivity contribution in [2.45, 2.75) is 32.8 Å². The first-order chi connectivity index (χ1) is 9.97. The Balaban J connectivity index is 2.03. The number of ether oxygens (including phenoxy) is 1. The topological polar surface area (TPSA) is 63.2 Å². The summed E-state index contributed by atoms with van der Waals surface area (Å²) in [4.78, 5) is 15.5. The van der Waals surface area contributed by atoms with Gasteiger partial charge in [-0.15, -0.1) is 0 Å². The van der Waals surface area contributed by atoms with E-state index in [0.717, 1.165) is 18.7 Å². The fourth-order valence-electron chi connectivity index (χ4n) is 1.44. The number of aromatic nitrogens is 1. The van der Waals surface area contributed by atoms with Crippen molar-refractivity contribution in [3.05, 3.63) is 30.1 Å². The molecule has 0 aliphatic carbocycles. The highest BCUT2D eigenvalue weighted by molar-refractivity contribution is 5.67. The maximum absolute atomic E-state index is 11.4. The zero-order valence-corrected chi connectivity index (χ0v) is 12.9. The fraction of sp³-hybridized carbons (Fsp3) is 0.500. The Kier molecular flexibility index (Phi) is 7.27. The van der Waals surface area contributed by atoms with Crippen LogP contribution in [0.15, 0.2) is 24.4 Å². The zero-order valence-electron chi connectivity index (χ0n) is 12.9. The van der Waals surface area contributed by atoms with Crippen LogP contribution in [0.2, 0.25) is 0 Å². The van der Waals surface area contributed by atoms with E-state index in [-0.39, 0.29) is 6.09 Å². The van der Waals surface area contributed by atoms with Gasteiger partial charge in [0.2, 0.25) is 0 Å². The molecule has 1 aromatic rings. The van der Waals surface area contributed by atoms with Crippen LogP contribution >= 0.6 is 0 Å². The molecule has 0 radical (unpaired) electrons. The van der Waals surface area contributed by atoms with Crippen LogP contribution in [0.5, 0.6) is 0 Å². The molecular formula is C16H23N3O2. The number of amides is 1. The molecule has 5 heteroatoms. The van der Waals surface area contributed by atoms with Gasteiger partial charge in [0.15, 0.2) is 0 Å². The van der Waals surface area contributed by atoms with E-state index in [0.29, 0.717) is 13.1 Å². The number of rotatable bonds is 5. The highest BCUT2D eigenvalue weighted by atomic mass is 16.6. The zero-order chi connectivity index (χ0) is 15.6. The normalized spacial score (nSPS) is 10.4. The number of alkyl carbamates (subject to hydrolysis) is 1. The van der Waals surface area contributed by atoms with Crippen molar-refractivity contribution in [2.24, 2.45) is 0 Å². The average Bonchev–Trinajstić information content (AvgIpc) is 2.41. The van der Waals surface area contributed by atoms with Crippen molar-refractivity contribution in [1.82, 2.24) is 15.6 Å². The molecule has 1 amide bonds. The molecule has 1 heterocycles. The van der Waals surface area contributed by atoms with Crippen molar-refractivity contribution < 1.29 is 9.53 Å². The van der Waals surface area contributed by atoms with Gasteiger partial charge in [0, 0.05) is 12.7 Å². The van der Waals surface area contributed by atoms with E-state index in [1.54, 1.807) is 6.20 Å². The van der Waals surface area contributed by atoms with Crippen molar-refractivity contribution in [1.29, 1.82) is 0 Å². The second-order valence-electron chi connectivity index (χ2n) is 5.48. The molecule has 21 heavy (non-hydrogen) atoms. The summed E-state index contributed by atoms with van der Waals surface area (Å²) in [7, 11) is 0. The minimum absolute atomic E-state index is 0.377. The van der Waals surface area contributed by atoms with Crippen LogP contribution in [-0.2, 0) is 4.74 Å². The summed E-state index contributed by atoms with van der Waals surface area (Å²) < 4.78 is 5.13. The summed E-state index contributed by atoms with van der Waals surface area (Å²) in [6, 6.07) is 5.64. The van der Waals surface area contributed by atoms with Gasteiger partial charge in [-0.05, 0) is 51.8 Å². The second-order valence-corrected chi connectivity index (χ2v) is 5.48. The first-order valence-electron chi connectivity index (χ1n) is 7.05. The lowest BCUT2D eigenvalue weighted by molar-refractivity contribution is 0.0527. The van der Waals surface area contributed by atoms with Crippen LogP contribution in [0.1, 0.15) is 32.9 Å². The smallest absolute Gasteiger partial charge is 0.407 e. The standard InChI is InChI=1S/C16H23N3O2/c1-16(2,3)21-15(20)19-13-7-11-17-10-6-9-14-8-4-5-12-18-14/h4-5,8,12,17H,7,10-11,13H2,1-3H3,(H,19,20). The molecule has 0 aliphatic heterocycles. The number of hydrogen-bond acceptors (Lipinski definition) is 4. The van der Waals surface area contributed by atoms with E-state index in [9.17, 15) is 4.79 Å². The van der Waals surface area contributed by atoms with Crippen LogP contribution < -0.4 is 10.6 Å². The number of hydrogen-bond donors (Lipinski definition) is 2. The molecule has 0 saturated carbocycles. The molecule has 114 valence electrons. The summed E-state index contributed by atoms with van der Waals surface area (Å²) in [6.07, 6.45) is 2.17. The molecule has 1 aromatic heterocycles. The summed E-state index contributed by atoms with van der Waals surface area (Å²) >= 11 is 0. The van der Waals surface area contributed by atoms with Crippen LogP contribution in [0, 0.1) is 11.8 Å². The minimum Gasteiger partial charge on any atom is -0.444 e. The van der Waals surface area contributed by atoms with E-state index in [4.69, 9.17) is 4.74 Å². The summed E-state index contributed by atoms with van der Waals surface area (Å²) in [5, 5.41) is 5.89. The molecule has 2 N–H and O–H groups in total. The molecule has 5 nitrogen and oxygen atoms in total. The molecule has 0 unspecified atom stereocenters. The SMILES string of the molecule is CC(C)(C)OC(=O)NCCCNCC#Cc1ccccn1. The van der Waals surface area contributed by atoms with Gasteiger partial charge in [-0.3, -0.25) is 0 Å². The number of nitrogens with one attached hydrogen (secondary N) is 2. The molecule has 0 aromatic carbocycles. The first-order valence-corrected chi connectivity index (χ1v) is 7.05. The Morgan fingerprint density at radius 1 is 1.33 bits per heavy atom. The van der Waals surface area contributed by atoms with Gasteiger partial charge in [0.25, 0.3) is 0 Å². The Morgan fingerprint density at radius 3 is 2.81 bits per heavy atom. The lowest BCUT2D eigenvalue weighted by atomic mass is 10.2. The largest absolute Gasteiger partial charge is 0.444 e. The maximum atomic E-state index is 11.4. The molecule has 0 atom stereocenters. The van der Waals surface area contributed by atoms with E-state index in [1.165, 1.54) is 0 Å². The molecule has 0 spiro atoms. The summed E-state index contributed by atoms with van der Waals surface area (Å²) in [5.41, 5.74) is 0.314. The highest BCUT2D eigenvalue weighted by Gasteiger charge is 2.15. The van der Waals surface area contributed by atoms with Gasteiger partial charge in [-0.2, -0.15) is 0 Å². The van der Waals surface area contributed by atoms with Crippen molar-refractivity contribution in [2.75, 3.05) is 19.6 Å². The maximum Gasteiger partial charge on any atom is 0.407 e. The van der Waals surface area contributed by atoms with Gasteiger partial charge in [-0.25, -0.2) is 9.78 Å². The third-order valence-corrected chi connectivity index (χ3v) is 2.29.